The molecule has 1 aromatic heterocycles. The summed E-state index contributed by atoms with van der Waals surface area (Å²) >= 11 is 0. The number of hydrogen-bond acceptors (Lipinski definition) is 3. The van der Waals surface area contributed by atoms with Crippen LogP contribution in [0.25, 0.3) is 0 Å². The third-order valence-corrected chi connectivity index (χ3v) is 3.84. The van der Waals surface area contributed by atoms with Crippen molar-refractivity contribution in [2.24, 2.45) is 0 Å². The molecule has 23 heavy (non-hydrogen) atoms. The predicted molar refractivity (Wildman–Crippen MR) is 79.0 cm³/mol. The molecule has 2 atom stereocenters. The van der Waals surface area contributed by atoms with Gasteiger partial charge in [0.05, 0.1) is 12.6 Å². The number of alkyl halides is 2. The Bertz CT molecular complexity index is 661. The highest BCUT2D eigenvalue weighted by atomic mass is 19.3. The zero-order valence-corrected chi connectivity index (χ0v) is 12.3. The van der Waals surface area contributed by atoms with E-state index in [0.717, 1.165) is 5.82 Å². The number of halogens is 2. The Morgan fingerprint density at radius 1 is 1.30 bits per heavy atom. The number of aryl methyl sites for hydroxylation is 1. The van der Waals surface area contributed by atoms with Crippen molar-refractivity contribution in [3.8, 4) is 0 Å². The summed E-state index contributed by atoms with van der Waals surface area (Å²) in [7, 11) is 0. The van der Waals surface area contributed by atoms with Crippen molar-refractivity contribution in [3.63, 3.8) is 0 Å². The minimum Gasteiger partial charge on any atom is -0.334 e. The molecule has 0 aliphatic carbocycles. The fraction of sp³-hybridized carbons (Fsp3) is 0.400. The highest BCUT2D eigenvalue weighted by molar-refractivity contribution is 5.74. The molecule has 0 unspecified atom stereocenters. The summed E-state index contributed by atoms with van der Waals surface area (Å²) in [5.41, 5.74) is 0.375. The lowest BCUT2D eigenvalue weighted by Crippen LogP contribution is -2.48. The second-order valence-electron chi connectivity index (χ2n) is 5.43. The lowest BCUT2D eigenvalue weighted by Gasteiger charge is -2.25. The second kappa shape index (κ2) is 6.72. The third-order valence-electron chi connectivity index (χ3n) is 3.84. The zero-order chi connectivity index (χ0) is 16.2. The van der Waals surface area contributed by atoms with E-state index in [4.69, 9.17) is 0 Å². The van der Waals surface area contributed by atoms with Crippen LogP contribution in [0.5, 0.6) is 0 Å². The summed E-state index contributed by atoms with van der Waals surface area (Å²) in [5.74, 6) is 0.873. The molecule has 3 rings (SSSR count). The average molecular weight is 321 g/mol. The number of nitrogens with zero attached hydrogens (tertiary/aromatic N) is 3. The van der Waals surface area contributed by atoms with Gasteiger partial charge in [0, 0.05) is 6.42 Å². The highest BCUT2D eigenvalue weighted by Gasteiger charge is 2.26. The van der Waals surface area contributed by atoms with Crippen molar-refractivity contribution in [2.45, 2.75) is 37.9 Å². The van der Waals surface area contributed by atoms with E-state index in [0.29, 0.717) is 24.9 Å². The number of rotatable bonds is 4. The topological polar surface area (TPSA) is 71.8 Å². The van der Waals surface area contributed by atoms with Crippen LogP contribution >= 0.6 is 0 Å². The van der Waals surface area contributed by atoms with Gasteiger partial charge in [-0.1, -0.05) is 30.3 Å². The molecule has 122 valence electrons. The molecular weight excluding hydrogens is 304 g/mol. The van der Waals surface area contributed by atoms with Gasteiger partial charge in [0.25, 0.3) is 6.43 Å². The Balaban J connectivity index is 1.60. The van der Waals surface area contributed by atoms with Crippen LogP contribution in [-0.4, -0.2) is 33.3 Å². The fourth-order valence-electron chi connectivity index (χ4n) is 2.68. The molecule has 0 bridgehead atoms. The summed E-state index contributed by atoms with van der Waals surface area (Å²) < 4.78 is 28.1. The van der Waals surface area contributed by atoms with E-state index in [2.05, 4.69) is 20.7 Å². The maximum atomic E-state index is 13.2. The number of carbonyl (C=O) groups excluding carboxylic acids is 1. The quantitative estimate of drug-likeness (QED) is 0.903. The molecule has 2 N–H and O–H groups in total. The monoisotopic (exact) mass is 321 g/mol. The Morgan fingerprint density at radius 2 is 2.09 bits per heavy atom. The van der Waals surface area contributed by atoms with Gasteiger partial charge < -0.3 is 10.6 Å². The number of amides is 2. The molecule has 2 aromatic rings. The van der Waals surface area contributed by atoms with Crippen LogP contribution < -0.4 is 10.6 Å². The van der Waals surface area contributed by atoms with Crippen molar-refractivity contribution >= 4 is 6.03 Å². The average Bonchev–Trinajstić information content (AvgIpc) is 3.01. The SMILES string of the molecule is O=C(N[C@H]1CCc2ncnn2C1)N[C@@H](c1ccccc1)C(F)F. The largest absolute Gasteiger partial charge is 0.334 e. The normalized spacial score (nSPS) is 18.3. The first-order valence-electron chi connectivity index (χ1n) is 7.40. The second-order valence-corrected chi connectivity index (χ2v) is 5.43. The molecule has 2 heterocycles. The number of nitrogens with one attached hydrogen (secondary N) is 2. The van der Waals surface area contributed by atoms with E-state index in [1.165, 1.54) is 6.33 Å². The first-order chi connectivity index (χ1) is 11.1. The van der Waals surface area contributed by atoms with E-state index >= 15 is 0 Å². The van der Waals surface area contributed by atoms with Crippen molar-refractivity contribution in [3.05, 3.63) is 48.0 Å². The van der Waals surface area contributed by atoms with E-state index in [-0.39, 0.29) is 6.04 Å². The van der Waals surface area contributed by atoms with Crippen LogP contribution in [0.1, 0.15) is 23.9 Å². The minimum atomic E-state index is -2.68. The highest BCUT2D eigenvalue weighted by Crippen LogP contribution is 2.20. The van der Waals surface area contributed by atoms with Crippen LogP contribution in [0.3, 0.4) is 0 Å². The standard InChI is InChI=1S/C15H17F2N5O/c16-14(17)13(10-4-2-1-3-5-10)21-15(23)20-11-6-7-12-18-9-19-22(12)8-11/h1-5,9,11,13-14H,6-8H2,(H2,20,21,23)/t11-,13-/m0/s1. The molecule has 1 aromatic carbocycles. The first-order valence-corrected chi connectivity index (χ1v) is 7.40. The van der Waals surface area contributed by atoms with Gasteiger partial charge >= 0.3 is 6.03 Å². The number of aromatic nitrogens is 3. The van der Waals surface area contributed by atoms with Crippen molar-refractivity contribution in [1.29, 1.82) is 0 Å². The molecular formula is C15H17F2N5O. The maximum absolute atomic E-state index is 13.2. The van der Waals surface area contributed by atoms with Gasteiger partial charge in [-0.25, -0.2) is 23.2 Å². The van der Waals surface area contributed by atoms with Gasteiger partial charge in [0.2, 0.25) is 0 Å². The number of carbonyl (C=O) groups is 1. The fourth-order valence-corrected chi connectivity index (χ4v) is 2.68. The molecule has 6 nitrogen and oxygen atoms in total. The Kier molecular flexibility index (Phi) is 4.50. The van der Waals surface area contributed by atoms with Crippen molar-refractivity contribution in [2.75, 3.05) is 0 Å². The molecule has 2 amide bonds. The van der Waals surface area contributed by atoms with Crippen LogP contribution in [0, 0.1) is 0 Å². The van der Waals surface area contributed by atoms with Crippen LogP contribution in [-0.2, 0) is 13.0 Å². The lowest BCUT2D eigenvalue weighted by molar-refractivity contribution is 0.101. The first kappa shape index (κ1) is 15.4. The summed E-state index contributed by atoms with van der Waals surface area (Å²) in [5, 5.41) is 9.15. The number of benzene rings is 1. The smallest absolute Gasteiger partial charge is 0.315 e. The molecule has 0 spiro atoms. The summed E-state index contributed by atoms with van der Waals surface area (Å²) in [6.45, 7) is 0.493. The van der Waals surface area contributed by atoms with Crippen LogP contribution in [0.15, 0.2) is 36.7 Å². The minimum absolute atomic E-state index is 0.154. The molecule has 0 fully saturated rings. The lowest BCUT2D eigenvalue weighted by atomic mass is 10.1. The maximum Gasteiger partial charge on any atom is 0.315 e. The van der Waals surface area contributed by atoms with Gasteiger partial charge in [0.1, 0.15) is 18.2 Å². The van der Waals surface area contributed by atoms with Gasteiger partial charge in [-0.15, -0.1) is 0 Å². The van der Waals surface area contributed by atoms with Crippen LogP contribution in [0.4, 0.5) is 13.6 Å². The number of urea groups is 1. The number of fused-ring (bicyclic) bond motifs is 1. The van der Waals surface area contributed by atoms with Crippen molar-refractivity contribution < 1.29 is 13.6 Å². The van der Waals surface area contributed by atoms with Gasteiger partial charge in [-0.3, -0.25) is 0 Å². The summed E-state index contributed by atoms with van der Waals surface area (Å²) in [6.07, 6.45) is 0.190. The molecule has 0 radical (unpaired) electrons. The molecule has 8 heteroatoms. The molecule has 1 aliphatic heterocycles. The van der Waals surface area contributed by atoms with Gasteiger partial charge in [-0.2, -0.15) is 5.10 Å². The van der Waals surface area contributed by atoms with E-state index in [1.54, 1.807) is 35.0 Å². The third kappa shape index (κ3) is 3.64. The Labute approximate surface area is 131 Å². The van der Waals surface area contributed by atoms with E-state index in [9.17, 15) is 13.6 Å². The van der Waals surface area contributed by atoms with Crippen molar-refractivity contribution in [1.82, 2.24) is 25.4 Å². The Hall–Kier alpha value is -2.51. The summed E-state index contributed by atoms with van der Waals surface area (Å²) in [4.78, 5) is 16.2. The Morgan fingerprint density at radius 3 is 2.83 bits per heavy atom. The van der Waals surface area contributed by atoms with E-state index in [1.807, 2.05) is 0 Å². The zero-order valence-electron chi connectivity index (χ0n) is 12.3. The molecule has 0 saturated carbocycles. The molecule has 0 saturated heterocycles. The van der Waals surface area contributed by atoms with Gasteiger partial charge in [-0.05, 0) is 12.0 Å². The number of hydrogen-bond donors (Lipinski definition) is 2. The van der Waals surface area contributed by atoms with E-state index < -0.39 is 18.5 Å². The summed E-state index contributed by atoms with van der Waals surface area (Å²) in [6, 6.07) is 6.12. The van der Waals surface area contributed by atoms with Gasteiger partial charge in [0.15, 0.2) is 0 Å². The molecule has 1 aliphatic rings. The predicted octanol–water partition coefficient (Wildman–Crippen LogP) is 1.90. The van der Waals surface area contributed by atoms with Crippen LogP contribution in [0.2, 0.25) is 0 Å².